The third-order valence-electron chi connectivity index (χ3n) is 5.30. The monoisotopic (exact) mass is 440 g/mol. The number of benzene rings is 1. The van der Waals surface area contributed by atoms with Gasteiger partial charge in [0.05, 0.1) is 5.39 Å². The summed E-state index contributed by atoms with van der Waals surface area (Å²) in [6.45, 7) is 3.80. The van der Waals surface area contributed by atoms with E-state index in [9.17, 15) is 9.59 Å². The van der Waals surface area contributed by atoms with E-state index in [2.05, 4.69) is 17.2 Å². The van der Waals surface area contributed by atoms with Crippen LogP contribution in [0.4, 0.5) is 11.5 Å². The number of nitrogen functional groups attached to an aromatic ring is 1. The molecule has 4 rings (SSSR count). The Balaban J connectivity index is 1.36. The van der Waals surface area contributed by atoms with Crippen LogP contribution in [0.25, 0.3) is 10.2 Å². The second kappa shape index (κ2) is 8.73. The summed E-state index contributed by atoms with van der Waals surface area (Å²) in [7, 11) is 0. The van der Waals surface area contributed by atoms with Gasteiger partial charge in [-0.1, -0.05) is 18.7 Å². The van der Waals surface area contributed by atoms with Crippen LogP contribution in [-0.4, -0.2) is 27.4 Å². The average molecular weight is 441 g/mol. The number of thioether (sulfide) groups is 1. The Labute approximate surface area is 183 Å². The topological polar surface area (TPSA) is 98.0 Å². The molecule has 0 aliphatic heterocycles. The minimum absolute atomic E-state index is 0.00150. The van der Waals surface area contributed by atoms with E-state index in [1.165, 1.54) is 35.5 Å². The van der Waals surface area contributed by atoms with E-state index < -0.39 is 0 Å². The second-order valence-corrected chi connectivity index (χ2v) is 9.85. The minimum Gasteiger partial charge on any atom is -0.383 e. The molecular formula is C22H24N4O2S2. The Morgan fingerprint density at radius 3 is 2.77 bits per heavy atom. The summed E-state index contributed by atoms with van der Waals surface area (Å²) in [6.07, 6.45) is 3.65. The van der Waals surface area contributed by atoms with Crippen molar-refractivity contribution in [3.05, 3.63) is 40.3 Å². The Hall–Kier alpha value is -2.45. The summed E-state index contributed by atoms with van der Waals surface area (Å²) in [5.41, 5.74) is 8.90. The number of ketones is 1. The quantitative estimate of drug-likeness (QED) is 0.327. The maximum absolute atomic E-state index is 12.2. The molecule has 156 valence electrons. The number of hydrogen-bond donors (Lipinski definition) is 2. The first-order chi connectivity index (χ1) is 14.4. The van der Waals surface area contributed by atoms with E-state index in [0.29, 0.717) is 40.3 Å². The largest absolute Gasteiger partial charge is 0.383 e. The van der Waals surface area contributed by atoms with Crippen molar-refractivity contribution in [1.82, 2.24) is 9.97 Å². The highest BCUT2D eigenvalue weighted by molar-refractivity contribution is 7.99. The Kier molecular flexibility index (Phi) is 6.06. The zero-order valence-corrected chi connectivity index (χ0v) is 18.7. The lowest BCUT2D eigenvalue weighted by molar-refractivity contribution is -0.115. The fraction of sp³-hybridized carbons (Fsp3) is 0.364. The molecular weight excluding hydrogens is 416 g/mol. The van der Waals surface area contributed by atoms with Crippen LogP contribution in [0.5, 0.6) is 0 Å². The second-order valence-electron chi connectivity index (χ2n) is 7.70. The van der Waals surface area contributed by atoms with Gasteiger partial charge in [-0.05, 0) is 61.9 Å². The van der Waals surface area contributed by atoms with Crippen molar-refractivity contribution in [3.63, 3.8) is 0 Å². The van der Waals surface area contributed by atoms with Crippen molar-refractivity contribution in [1.29, 1.82) is 0 Å². The van der Waals surface area contributed by atoms with Gasteiger partial charge in [0.25, 0.3) is 0 Å². The van der Waals surface area contributed by atoms with Gasteiger partial charge in [-0.3, -0.25) is 9.59 Å². The molecule has 1 unspecified atom stereocenters. The van der Waals surface area contributed by atoms with Crippen molar-refractivity contribution in [2.75, 3.05) is 16.8 Å². The highest BCUT2D eigenvalue weighted by Crippen LogP contribution is 2.39. The SMILES string of the molecule is CC(=O)c1ccc(NC(=O)CCSc2nc(N)c3c4c(sc3n2)CC(C)CC4)cc1. The Morgan fingerprint density at radius 2 is 2.03 bits per heavy atom. The van der Waals surface area contributed by atoms with E-state index in [1.54, 1.807) is 35.6 Å². The van der Waals surface area contributed by atoms with Crippen LogP contribution in [-0.2, 0) is 17.6 Å². The van der Waals surface area contributed by atoms with Gasteiger partial charge in [-0.25, -0.2) is 9.97 Å². The molecule has 0 spiro atoms. The lowest BCUT2D eigenvalue weighted by atomic mass is 9.89. The number of amides is 1. The lowest BCUT2D eigenvalue weighted by Gasteiger charge is -2.17. The molecule has 0 saturated carbocycles. The van der Waals surface area contributed by atoms with Gasteiger partial charge < -0.3 is 11.1 Å². The van der Waals surface area contributed by atoms with E-state index in [-0.39, 0.29) is 11.7 Å². The number of rotatable bonds is 6. The molecule has 1 amide bonds. The zero-order valence-electron chi connectivity index (χ0n) is 17.0. The molecule has 0 radical (unpaired) electrons. The van der Waals surface area contributed by atoms with Crippen LogP contribution >= 0.6 is 23.1 Å². The van der Waals surface area contributed by atoms with Gasteiger partial charge in [0.15, 0.2) is 10.9 Å². The fourth-order valence-electron chi connectivity index (χ4n) is 3.66. The van der Waals surface area contributed by atoms with Crippen LogP contribution in [0.3, 0.4) is 0 Å². The van der Waals surface area contributed by atoms with Crippen LogP contribution in [0, 0.1) is 5.92 Å². The summed E-state index contributed by atoms with van der Waals surface area (Å²) >= 11 is 3.17. The van der Waals surface area contributed by atoms with E-state index in [0.717, 1.165) is 23.1 Å². The van der Waals surface area contributed by atoms with Gasteiger partial charge in [0.2, 0.25) is 5.91 Å². The number of nitrogens with two attached hydrogens (primary N) is 1. The molecule has 0 fully saturated rings. The molecule has 3 N–H and O–H groups in total. The number of carbonyl (C=O) groups is 2. The summed E-state index contributed by atoms with van der Waals surface area (Å²) < 4.78 is 0. The Morgan fingerprint density at radius 1 is 1.27 bits per heavy atom. The van der Waals surface area contributed by atoms with E-state index in [4.69, 9.17) is 10.7 Å². The highest BCUT2D eigenvalue weighted by atomic mass is 32.2. The van der Waals surface area contributed by atoms with Crippen molar-refractivity contribution in [2.24, 2.45) is 5.92 Å². The summed E-state index contributed by atoms with van der Waals surface area (Å²) in [4.78, 5) is 35.1. The lowest BCUT2D eigenvalue weighted by Crippen LogP contribution is -2.12. The first-order valence-electron chi connectivity index (χ1n) is 10.0. The molecule has 1 aliphatic carbocycles. The summed E-state index contributed by atoms with van der Waals surface area (Å²) in [5, 5.41) is 4.49. The molecule has 0 bridgehead atoms. The van der Waals surface area contributed by atoms with Gasteiger partial charge in [-0.2, -0.15) is 0 Å². The van der Waals surface area contributed by atoms with Crippen LogP contribution < -0.4 is 11.1 Å². The molecule has 2 aromatic heterocycles. The third kappa shape index (κ3) is 4.49. The predicted molar refractivity (Wildman–Crippen MR) is 123 cm³/mol. The zero-order chi connectivity index (χ0) is 21.3. The predicted octanol–water partition coefficient (Wildman–Crippen LogP) is 4.72. The van der Waals surface area contributed by atoms with Gasteiger partial charge in [0.1, 0.15) is 10.6 Å². The molecule has 0 saturated heterocycles. The number of aromatic nitrogens is 2. The van der Waals surface area contributed by atoms with Crippen molar-refractivity contribution in [3.8, 4) is 0 Å². The fourth-order valence-corrected chi connectivity index (χ4v) is 5.90. The third-order valence-corrected chi connectivity index (χ3v) is 7.30. The molecule has 6 nitrogen and oxygen atoms in total. The number of fused-ring (bicyclic) bond motifs is 3. The maximum Gasteiger partial charge on any atom is 0.225 e. The van der Waals surface area contributed by atoms with Crippen molar-refractivity contribution < 1.29 is 9.59 Å². The number of aryl methyl sites for hydroxylation is 1. The first kappa shape index (κ1) is 20.8. The van der Waals surface area contributed by atoms with Crippen molar-refractivity contribution in [2.45, 2.75) is 44.7 Å². The van der Waals surface area contributed by atoms with E-state index in [1.807, 2.05) is 0 Å². The van der Waals surface area contributed by atoms with Crippen LogP contribution in [0.2, 0.25) is 0 Å². The number of nitrogens with zero attached hydrogens (tertiary/aromatic N) is 2. The molecule has 30 heavy (non-hydrogen) atoms. The minimum atomic E-state index is -0.0901. The van der Waals surface area contributed by atoms with Gasteiger partial charge in [-0.15, -0.1) is 11.3 Å². The number of thiophene rings is 1. The number of nitrogens with one attached hydrogen (secondary N) is 1. The number of carbonyl (C=O) groups excluding carboxylic acids is 2. The van der Waals surface area contributed by atoms with E-state index >= 15 is 0 Å². The van der Waals surface area contributed by atoms with Crippen LogP contribution in [0.15, 0.2) is 29.4 Å². The molecule has 1 atom stereocenters. The molecule has 3 aromatic rings. The molecule has 2 heterocycles. The van der Waals surface area contributed by atoms with Crippen molar-refractivity contribution >= 4 is 56.5 Å². The number of hydrogen-bond acceptors (Lipinski definition) is 7. The standard InChI is InChI=1S/C22H24N4O2S2/c1-12-3-8-16-17(11-12)30-21-19(16)20(23)25-22(26-21)29-10-9-18(28)24-15-6-4-14(5-7-15)13(2)27/h4-7,12H,3,8-11H2,1-2H3,(H,24,28)(H2,23,25,26). The first-order valence-corrected chi connectivity index (χ1v) is 11.8. The van der Waals surface area contributed by atoms with Gasteiger partial charge in [0, 0.05) is 28.3 Å². The maximum atomic E-state index is 12.2. The average Bonchev–Trinajstić information content (AvgIpc) is 3.06. The Bertz CT molecular complexity index is 1110. The number of anilines is 2. The highest BCUT2D eigenvalue weighted by Gasteiger charge is 2.23. The smallest absolute Gasteiger partial charge is 0.225 e. The van der Waals surface area contributed by atoms with Gasteiger partial charge >= 0.3 is 0 Å². The summed E-state index contributed by atoms with van der Waals surface area (Å²) in [6, 6.07) is 6.89. The molecule has 1 aromatic carbocycles. The normalized spacial score (nSPS) is 15.7. The summed E-state index contributed by atoms with van der Waals surface area (Å²) in [5.74, 6) is 1.72. The van der Waals surface area contributed by atoms with Crippen LogP contribution in [0.1, 0.15) is 47.5 Å². The number of Topliss-reactive ketones (excluding diaryl/α,β-unsaturated/α-hetero) is 1. The molecule has 8 heteroatoms. The molecule has 1 aliphatic rings.